The van der Waals surface area contributed by atoms with Crippen LogP contribution in [0.1, 0.15) is 28.3 Å². The maximum atomic E-state index is 5.57. The van der Waals surface area contributed by atoms with Crippen LogP contribution in [0, 0.1) is 6.92 Å². The lowest BCUT2D eigenvalue weighted by molar-refractivity contribution is 0.375. The lowest BCUT2D eigenvalue weighted by Crippen LogP contribution is -2.31. The second-order valence-electron chi connectivity index (χ2n) is 5.36. The molecule has 1 heterocycles. The van der Waals surface area contributed by atoms with Gasteiger partial charge in [0.15, 0.2) is 0 Å². The third-order valence-corrected chi connectivity index (χ3v) is 4.24. The van der Waals surface area contributed by atoms with E-state index in [1.807, 2.05) is 18.2 Å². The van der Waals surface area contributed by atoms with Crippen LogP contribution in [0.5, 0.6) is 11.5 Å². The predicted octanol–water partition coefficient (Wildman–Crippen LogP) is 3.25. The molecule has 1 unspecified atom stereocenters. The third-order valence-electron chi connectivity index (χ3n) is 4.24. The lowest BCUT2D eigenvalue weighted by atomic mass is 9.87. The molecular formula is C18H21NO2. The van der Waals surface area contributed by atoms with E-state index >= 15 is 0 Å². The summed E-state index contributed by atoms with van der Waals surface area (Å²) in [4.78, 5) is 0. The van der Waals surface area contributed by atoms with Crippen LogP contribution in [0.15, 0.2) is 36.4 Å². The molecular weight excluding hydrogens is 262 g/mol. The highest BCUT2D eigenvalue weighted by molar-refractivity contribution is 5.53. The normalized spacial score (nSPS) is 17.2. The largest absolute Gasteiger partial charge is 0.496 e. The van der Waals surface area contributed by atoms with Crippen molar-refractivity contribution in [2.24, 2.45) is 0 Å². The summed E-state index contributed by atoms with van der Waals surface area (Å²) < 4.78 is 11.1. The van der Waals surface area contributed by atoms with E-state index in [0.29, 0.717) is 0 Å². The maximum Gasteiger partial charge on any atom is 0.127 e. The molecule has 0 amide bonds. The summed E-state index contributed by atoms with van der Waals surface area (Å²) in [6, 6.07) is 12.6. The van der Waals surface area contributed by atoms with E-state index in [9.17, 15) is 0 Å². The van der Waals surface area contributed by atoms with Crippen molar-refractivity contribution in [3.63, 3.8) is 0 Å². The maximum absolute atomic E-state index is 5.57. The Labute approximate surface area is 125 Å². The minimum absolute atomic E-state index is 0.111. The lowest BCUT2D eigenvalue weighted by Gasteiger charge is -2.30. The molecule has 0 saturated carbocycles. The number of aryl methyl sites for hydroxylation is 1. The molecule has 3 nitrogen and oxygen atoms in total. The van der Waals surface area contributed by atoms with Crippen molar-refractivity contribution in [3.05, 3.63) is 58.7 Å². The second-order valence-corrected chi connectivity index (χ2v) is 5.36. The molecule has 1 N–H and O–H groups in total. The minimum atomic E-state index is 0.111. The van der Waals surface area contributed by atoms with Gasteiger partial charge in [0.1, 0.15) is 11.5 Å². The average Bonchev–Trinajstić information content (AvgIpc) is 2.54. The van der Waals surface area contributed by atoms with E-state index < -0.39 is 0 Å². The smallest absolute Gasteiger partial charge is 0.127 e. The predicted molar refractivity (Wildman–Crippen MR) is 84.3 cm³/mol. The van der Waals surface area contributed by atoms with E-state index in [1.165, 1.54) is 16.7 Å². The number of hydrogen-bond donors (Lipinski definition) is 1. The summed E-state index contributed by atoms with van der Waals surface area (Å²) in [6.07, 6.45) is 1.07. The molecule has 2 aromatic carbocycles. The fourth-order valence-electron chi connectivity index (χ4n) is 3.21. The Morgan fingerprint density at radius 3 is 2.33 bits per heavy atom. The summed E-state index contributed by atoms with van der Waals surface area (Å²) in [7, 11) is 3.41. The van der Waals surface area contributed by atoms with Crippen LogP contribution in [0.3, 0.4) is 0 Å². The van der Waals surface area contributed by atoms with Crippen LogP contribution < -0.4 is 14.8 Å². The molecule has 2 aromatic rings. The molecule has 0 spiro atoms. The zero-order valence-corrected chi connectivity index (χ0v) is 12.8. The quantitative estimate of drug-likeness (QED) is 0.938. The van der Waals surface area contributed by atoms with E-state index in [-0.39, 0.29) is 6.04 Å². The average molecular weight is 283 g/mol. The highest BCUT2D eigenvalue weighted by Crippen LogP contribution is 2.40. The number of benzene rings is 2. The summed E-state index contributed by atoms with van der Waals surface area (Å²) in [5, 5.41) is 3.61. The van der Waals surface area contributed by atoms with Gasteiger partial charge in [0.25, 0.3) is 0 Å². The van der Waals surface area contributed by atoms with Gasteiger partial charge in [-0.15, -0.1) is 0 Å². The van der Waals surface area contributed by atoms with Crippen LogP contribution in [-0.2, 0) is 6.42 Å². The Morgan fingerprint density at radius 2 is 1.67 bits per heavy atom. The number of rotatable bonds is 3. The first-order valence-electron chi connectivity index (χ1n) is 7.29. The first-order chi connectivity index (χ1) is 10.3. The molecule has 1 aliphatic rings. The van der Waals surface area contributed by atoms with Gasteiger partial charge in [-0.1, -0.05) is 24.3 Å². The molecule has 1 aliphatic heterocycles. The number of hydrogen-bond acceptors (Lipinski definition) is 3. The SMILES string of the molecule is COc1cccc(OC)c1C1NCCc2c(C)cccc21. The van der Waals surface area contributed by atoms with Gasteiger partial charge in [0.05, 0.1) is 25.8 Å². The summed E-state index contributed by atoms with van der Waals surface area (Å²) in [6.45, 7) is 3.14. The number of nitrogens with one attached hydrogen (secondary N) is 1. The summed E-state index contributed by atoms with van der Waals surface area (Å²) in [5.41, 5.74) is 5.19. The van der Waals surface area contributed by atoms with Gasteiger partial charge in [0.2, 0.25) is 0 Å². The monoisotopic (exact) mass is 283 g/mol. The number of ether oxygens (including phenoxy) is 2. The molecule has 0 fully saturated rings. The molecule has 0 saturated heterocycles. The van der Waals surface area contributed by atoms with Gasteiger partial charge >= 0.3 is 0 Å². The zero-order valence-electron chi connectivity index (χ0n) is 12.8. The van der Waals surface area contributed by atoms with Crippen LogP contribution >= 0.6 is 0 Å². The molecule has 0 aromatic heterocycles. The third kappa shape index (κ3) is 2.38. The Hall–Kier alpha value is -2.00. The zero-order chi connectivity index (χ0) is 14.8. The van der Waals surface area contributed by atoms with Crippen LogP contribution in [0.25, 0.3) is 0 Å². The second kappa shape index (κ2) is 5.78. The topological polar surface area (TPSA) is 30.5 Å². The molecule has 0 aliphatic carbocycles. The molecule has 3 heteroatoms. The van der Waals surface area contributed by atoms with E-state index in [2.05, 4.69) is 30.4 Å². The molecule has 21 heavy (non-hydrogen) atoms. The Bertz CT molecular complexity index is 629. The minimum Gasteiger partial charge on any atom is -0.496 e. The highest BCUT2D eigenvalue weighted by atomic mass is 16.5. The van der Waals surface area contributed by atoms with Crippen molar-refractivity contribution in [2.75, 3.05) is 20.8 Å². The van der Waals surface area contributed by atoms with E-state index in [0.717, 1.165) is 30.0 Å². The van der Waals surface area contributed by atoms with Gasteiger partial charge in [-0.25, -0.2) is 0 Å². The fraction of sp³-hybridized carbons (Fsp3) is 0.333. The van der Waals surface area contributed by atoms with Gasteiger partial charge < -0.3 is 14.8 Å². The first kappa shape index (κ1) is 14.0. The molecule has 110 valence electrons. The van der Waals surface area contributed by atoms with Crippen LogP contribution in [0.2, 0.25) is 0 Å². The molecule has 0 bridgehead atoms. The van der Waals surface area contributed by atoms with E-state index in [1.54, 1.807) is 14.2 Å². The van der Waals surface area contributed by atoms with E-state index in [4.69, 9.17) is 9.47 Å². The van der Waals surface area contributed by atoms with Crippen molar-refractivity contribution in [1.82, 2.24) is 5.32 Å². The van der Waals surface area contributed by atoms with Gasteiger partial charge in [-0.2, -0.15) is 0 Å². The molecule has 0 radical (unpaired) electrons. The van der Waals surface area contributed by atoms with Crippen molar-refractivity contribution >= 4 is 0 Å². The summed E-state index contributed by atoms with van der Waals surface area (Å²) in [5.74, 6) is 1.72. The Balaban J connectivity index is 2.17. The summed E-state index contributed by atoms with van der Waals surface area (Å²) >= 11 is 0. The van der Waals surface area contributed by atoms with Gasteiger partial charge in [-0.3, -0.25) is 0 Å². The van der Waals surface area contributed by atoms with Gasteiger partial charge in [-0.05, 0) is 42.2 Å². The Morgan fingerprint density at radius 1 is 1.00 bits per heavy atom. The van der Waals surface area contributed by atoms with Crippen LogP contribution in [-0.4, -0.2) is 20.8 Å². The highest BCUT2D eigenvalue weighted by Gasteiger charge is 2.27. The molecule has 3 rings (SSSR count). The van der Waals surface area contributed by atoms with Crippen molar-refractivity contribution in [2.45, 2.75) is 19.4 Å². The fourth-order valence-corrected chi connectivity index (χ4v) is 3.21. The van der Waals surface area contributed by atoms with Gasteiger partial charge in [0, 0.05) is 6.54 Å². The standard InChI is InChI=1S/C18H21NO2/c1-12-6-4-7-14-13(12)10-11-19-18(14)17-15(20-2)8-5-9-16(17)21-3/h4-9,18-19H,10-11H2,1-3H3. The first-order valence-corrected chi connectivity index (χ1v) is 7.29. The number of methoxy groups -OCH3 is 2. The van der Waals surface area contributed by atoms with Crippen molar-refractivity contribution < 1.29 is 9.47 Å². The van der Waals surface area contributed by atoms with Crippen LogP contribution in [0.4, 0.5) is 0 Å². The molecule has 1 atom stereocenters. The Kier molecular flexibility index (Phi) is 3.84. The van der Waals surface area contributed by atoms with Crippen molar-refractivity contribution in [3.8, 4) is 11.5 Å². The number of fused-ring (bicyclic) bond motifs is 1. The van der Waals surface area contributed by atoms with Crippen molar-refractivity contribution in [1.29, 1.82) is 0 Å².